The molecule has 0 aromatic heterocycles. The molecular formula is C8H5FO2S. The smallest absolute Gasteiger partial charge is 0.200 e. The summed E-state index contributed by atoms with van der Waals surface area (Å²) in [7, 11) is -3.27. The third kappa shape index (κ3) is 0.956. The number of sulfone groups is 1. The van der Waals surface area contributed by atoms with E-state index in [1.807, 2.05) is 0 Å². The molecule has 0 saturated carbocycles. The van der Waals surface area contributed by atoms with Crippen LogP contribution in [-0.4, -0.2) is 8.42 Å². The highest BCUT2D eigenvalue weighted by Gasteiger charge is 2.20. The van der Waals surface area contributed by atoms with E-state index in [-0.39, 0.29) is 4.90 Å². The topological polar surface area (TPSA) is 34.1 Å². The lowest BCUT2D eigenvalue weighted by molar-refractivity contribution is 0.604. The van der Waals surface area contributed by atoms with Crippen LogP contribution < -0.4 is 0 Å². The molecule has 0 saturated heterocycles. The summed E-state index contributed by atoms with van der Waals surface area (Å²) in [5.74, 6) is -0.421. The number of halogens is 1. The Balaban J connectivity index is 2.78. The van der Waals surface area contributed by atoms with Crippen LogP contribution in [-0.2, 0) is 9.84 Å². The van der Waals surface area contributed by atoms with Crippen LogP contribution in [0.1, 0.15) is 5.56 Å². The van der Waals surface area contributed by atoms with E-state index in [0.717, 1.165) is 11.5 Å². The van der Waals surface area contributed by atoms with Gasteiger partial charge in [-0.25, -0.2) is 12.8 Å². The summed E-state index contributed by atoms with van der Waals surface area (Å²) in [5.41, 5.74) is 0.426. The molecule has 0 bridgehead atoms. The zero-order valence-corrected chi connectivity index (χ0v) is 6.81. The minimum Gasteiger partial charge on any atom is -0.219 e. The third-order valence-corrected chi connectivity index (χ3v) is 3.18. The highest BCUT2D eigenvalue weighted by molar-refractivity contribution is 7.94. The fraction of sp³-hybridized carbons (Fsp3) is 0. The van der Waals surface area contributed by atoms with Gasteiger partial charge in [-0.15, -0.1) is 0 Å². The van der Waals surface area contributed by atoms with Gasteiger partial charge in [-0.1, -0.05) is 0 Å². The Morgan fingerprint density at radius 2 is 2.00 bits per heavy atom. The molecule has 62 valence electrons. The standard InChI is InChI=1S/C8H5FO2S/c9-7-1-2-8-6(5-7)3-4-12(8,10)11/h1-5H. The van der Waals surface area contributed by atoms with E-state index in [1.165, 1.54) is 18.2 Å². The minimum atomic E-state index is -3.27. The molecule has 0 spiro atoms. The normalized spacial score (nSPS) is 17.8. The van der Waals surface area contributed by atoms with Crippen LogP contribution in [0.2, 0.25) is 0 Å². The van der Waals surface area contributed by atoms with Crippen molar-refractivity contribution in [3.05, 3.63) is 35.0 Å². The van der Waals surface area contributed by atoms with Crippen LogP contribution in [0.3, 0.4) is 0 Å². The van der Waals surface area contributed by atoms with Crippen LogP contribution in [0.4, 0.5) is 4.39 Å². The number of rotatable bonds is 0. The van der Waals surface area contributed by atoms with Gasteiger partial charge in [-0.3, -0.25) is 0 Å². The molecule has 12 heavy (non-hydrogen) atoms. The summed E-state index contributed by atoms with van der Waals surface area (Å²) < 4.78 is 34.9. The molecule has 0 radical (unpaired) electrons. The Bertz CT molecular complexity index is 460. The maximum Gasteiger partial charge on any atom is 0.200 e. The second-order valence-electron chi connectivity index (χ2n) is 2.53. The minimum absolute atomic E-state index is 0.184. The Morgan fingerprint density at radius 1 is 1.25 bits per heavy atom. The van der Waals surface area contributed by atoms with E-state index in [2.05, 4.69) is 0 Å². The Kier molecular flexibility index (Phi) is 1.35. The first-order valence-corrected chi connectivity index (χ1v) is 4.87. The molecule has 0 unspecified atom stereocenters. The van der Waals surface area contributed by atoms with Crippen molar-refractivity contribution < 1.29 is 12.8 Å². The second kappa shape index (κ2) is 2.17. The van der Waals surface area contributed by atoms with Gasteiger partial charge in [0.05, 0.1) is 4.90 Å². The molecule has 1 aliphatic heterocycles. The summed E-state index contributed by atoms with van der Waals surface area (Å²) in [6.07, 6.45) is 1.40. The predicted molar refractivity (Wildman–Crippen MR) is 42.6 cm³/mol. The lowest BCUT2D eigenvalue weighted by atomic mass is 10.2. The average molecular weight is 184 g/mol. The van der Waals surface area contributed by atoms with Crippen molar-refractivity contribution in [3.8, 4) is 0 Å². The van der Waals surface area contributed by atoms with Gasteiger partial charge in [0.25, 0.3) is 0 Å². The maximum absolute atomic E-state index is 12.6. The zero-order valence-electron chi connectivity index (χ0n) is 5.99. The number of hydrogen-bond acceptors (Lipinski definition) is 2. The Labute approximate surface area is 69.3 Å². The monoisotopic (exact) mass is 184 g/mol. The van der Waals surface area contributed by atoms with Crippen molar-refractivity contribution in [3.63, 3.8) is 0 Å². The number of fused-ring (bicyclic) bond motifs is 1. The van der Waals surface area contributed by atoms with E-state index in [4.69, 9.17) is 0 Å². The summed E-state index contributed by atoms with van der Waals surface area (Å²) in [6.45, 7) is 0. The molecular weight excluding hydrogens is 179 g/mol. The van der Waals surface area contributed by atoms with Crippen molar-refractivity contribution in [1.29, 1.82) is 0 Å². The first kappa shape index (κ1) is 7.49. The van der Waals surface area contributed by atoms with E-state index in [9.17, 15) is 12.8 Å². The van der Waals surface area contributed by atoms with Crippen LogP contribution >= 0.6 is 0 Å². The molecule has 1 aromatic rings. The highest BCUT2D eigenvalue weighted by Crippen LogP contribution is 2.26. The fourth-order valence-corrected chi connectivity index (χ4v) is 2.33. The lowest BCUT2D eigenvalue weighted by Crippen LogP contribution is -1.93. The van der Waals surface area contributed by atoms with Crippen molar-refractivity contribution in [2.24, 2.45) is 0 Å². The molecule has 1 heterocycles. The average Bonchev–Trinajstić information content (AvgIpc) is 2.27. The predicted octanol–water partition coefficient (Wildman–Crippen LogP) is 1.58. The van der Waals surface area contributed by atoms with E-state index in [1.54, 1.807) is 0 Å². The molecule has 2 nitrogen and oxygen atoms in total. The van der Waals surface area contributed by atoms with E-state index in [0.29, 0.717) is 5.56 Å². The molecule has 1 aromatic carbocycles. The van der Waals surface area contributed by atoms with Gasteiger partial charge in [-0.05, 0) is 29.8 Å². The largest absolute Gasteiger partial charge is 0.219 e. The number of hydrogen-bond donors (Lipinski definition) is 0. The fourth-order valence-electron chi connectivity index (χ4n) is 1.14. The van der Waals surface area contributed by atoms with Gasteiger partial charge in [-0.2, -0.15) is 0 Å². The van der Waals surface area contributed by atoms with Crippen molar-refractivity contribution in [1.82, 2.24) is 0 Å². The number of benzene rings is 1. The van der Waals surface area contributed by atoms with Gasteiger partial charge in [0.15, 0.2) is 9.84 Å². The third-order valence-electron chi connectivity index (χ3n) is 1.71. The summed E-state index contributed by atoms with van der Waals surface area (Å²) in [5, 5.41) is 1.08. The lowest BCUT2D eigenvalue weighted by Gasteiger charge is -1.96. The van der Waals surface area contributed by atoms with Gasteiger partial charge < -0.3 is 0 Å². The van der Waals surface area contributed by atoms with Gasteiger partial charge in [0.2, 0.25) is 0 Å². The SMILES string of the molecule is O=S1(=O)C=Cc2cc(F)ccc21. The molecule has 2 rings (SSSR count). The van der Waals surface area contributed by atoms with Gasteiger partial charge in [0.1, 0.15) is 5.82 Å². The Morgan fingerprint density at radius 3 is 2.75 bits per heavy atom. The summed E-state index contributed by atoms with van der Waals surface area (Å²) in [4.78, 5) is 0.184. The van der Waals surface area contributed by atoms with Crippen molar-refractivity contribution in [2.75, 3.05) is 0 Å². The van der Waals surface area contributed by atoms with Crippen molar-refractivity contribution >= 4 is 15.9 Å². The van der Waals surface area contributed by atoms with Crippen LogP contribution in [0, 0.1) is 5.82 Å². The molecule has 4 heteroatoms. The first-order chi connectivity index (χ1) is 5.59. The van der Waals surface area contributed by atoms with E-state index >= 15 is 0 Å². The Hall–Kier alpha value is -1.16. The molecule has 0 amide bonds. The van der Waals surface area contributed by atoms with Crippen LogP contribution in [0.25, 0.3) is 6.08 Å². The quantitative estimate of drug-likeness (QED) is 0.574. The van der Waals surface area contributed by atoms with Crippen LogP contribution in [0.15, 0.2) is 28.5 Å². The van der Waals surface area contributed by atoms with Crippen LogP contribution in [0.5, 0.6) is 0 Å². The molecule has 0 fully saturated rings. The first-order valence-electron chi connectivity index (χ1n) is 3.32. The second-order valence-corrected chi connectivity index (χ2v) is 4.33. The summed E-state index contributed by atoms with van der Waals surface area (Å²) >= 11 is 0. The molecule has 1 aliphatic rings. The van der Waals surface area contributed by atoms with Gasteiger partial charge in [0, 0.05) is 5.41 Å². The highest BCUT2D eigenvalue weighted by atomic mass is 32.2. The summed E-state index contributed by atoms with van der Waals surface area (Å²) in [6, 6.07) is 3.62. The van der Waals surface area contributed by atoms with Gasteiger partial charge >= 0.3 is 0 Å². The zero-order chi connectivity index (χ0) is 8.77. The van der Waals surface area contributed by atoms with E-state index < -0.39 is 15.7 Å². The van der Waals surface area contributed by atoms with Crippen molar-refractivity contribution in [2.45, 2.75) is 4.90 Å². The molecule has 0 atom stereocenters. The molecule has 0 aliphatic carbocycles. The maximum atomic E-state index is 12.6. The molecule has 0 N–H and O–H groups in total.